The molecular formula is C7H3Cl2F2O. The highest BCUT2D eigenvalue weighted by Gasteiger charge is 2.11. The van der Waals surface area contributed by atoms with Crippen LogP contribution < -0.4 is 4.74 Å². The lowest BCUT2D eigenvalue weighted by Gasteiger charge is -2.06. The van der Waals surface area contributed by atoms with Crippen LogP contribution in [-0.4, -0.2) is 6.61 Å². The summed E-state index contributed by atoms with van der Waals surface area (Å²) >= 11 is 11.0. The Hall–Kier alpha value is -0.540. The van der Waals surface area contributed by atoms with Crippen molar-refractivity contribution in [3.05, 3.63) is 28.2 Å². The van der Waals surface area contributed by atoms with E-state index in [-0.39, 0.29) is 15.8 Å². The predicted molar refractivity (Wildman–Crippen MR) is 41.9 cm³/mol. The molecule has 1 radical (unpaired) electrons. The maximum Gasteiger partial charge on any atom is 0.387 e. The molecule has 5 heteroatoms. The molecule has 0 fully saturated rings. The fourth-order valence-corrected chi connectivity index (χ4v) is 1.09. The van der Waals surface area contributed by atoms with Crippen LogP contribution in [0.25, 0.3) is 0 Å². The first kappa shape index (κ1) is 9.55. The van der Waals surface area contributed by atoms with Crippen molar-refractivity contribution in [1.29, 1.82) is 0 Å². The summed E-state index contributed by atoms with van der Waals surface area (Å²) in [5, 5.41) is -0.0122. The number of rotatable bonds is 2. The third-order valence-electron chi connectivity index (χ3n) is 1.06. The van der Waals surface area contributed by atoms with Crippen molar-refractivity contribution in [3.63, 3.8) is 0 Å². The van der Waals surface area contributed by atoms with Crippen molar-refractivity contribution in [1.82, 2.24) is 0 Å². The zero-order valence-electron chi connectivity index (χ0n) is 5.65. The molecule has 0 heterocycles. The van der Waals surface area contributed by atoms with E-state index >= 15 is 0 Å². The zero-order valence-corrected chi connectivity index (χ0v) is 7.16. The second-order valence-corrected chi connectivity index (χ2v) is 2.63. The number of hydrogen-bond acceptors (Lipinski definition) is 1. The normalized spacial score (nSPS) is 10.4. The molecule has 0 N–H and O–H groups in total. The summed E-state index contributed by atoms with van der Waals surface area (Å²) in [4.78, 5) is 0. The molecule has 1 aromatic carbocycles. The predicted octanol–water partition coefficient (Wildman–Crippen LogP) is 3.39. The monoisotopic (exact) mass is 211 g/mol. The van der Waals surface area contributed by atoms with Crippen molar-refractivity contribution < 1.29 is 13.5 Å². The summed E-state index contributed by atoms with van der Waals surface area (Å²) in [5.74, 6) is -0.240. The fraction of sp³-hybridized carbons (Fsp3) is 0.143. The molecular weight excluding hydrogens is 209 g/mol. The Kier molecular flexibility index (Phi) is 3.12. The Labute approximate surface area is 77.8 Å². The number of halogens is 4. The number of ether oxygens (including phenoxy) is 1. The molecule has 1 rings (SSSR count). The summed E-state index contributed by atoms with van der Waals surface area (Å²) in [6.07, 6.45) is 0. The van der Waals surface area contributed by atoms with Gasteiger partial charge in [-0.25, -0.2) is 0 Å². The van der Waals surface area contributed by atoms with Gasteiger partial charge in [0.05, 0.1) is 10.0 Å². The van der Waals surface area contributed by atoms with Gasteiger partial charge in [-0.3, -0.25) is 0 Å². The highest BCUT2D eigenvalue weighted by atomic mass is 35.5. The Morgan fingerprint density at radius 2 is 2.08 bits per heavy atom. The van der Waals surface area contributed by atoms with E-state index in [1.807, 2.05) is 0 Å². The van der Waals surface area contributed by atoms with Gasteiger partial charge in [-0.1, -0.05) is 29.3 Å². The lowest BCUT2D eigenvalue weighted by molar-refractivity contribution is -0.0497. The standard InChI is InChI=1S/C7H3Cl2F2O/c8-4-2-1-3-5(9)6(4)12-7(10)11/h1-2,7H. The van der Waals surface area contributed by atoms with Crippen LogP contribution in [0, 0.1) is 6.07 Å². The summed E-state index contributed by atoms with van der Waals surface area (Å²) in [5.41, 5.74) is 0. The molecule has 0 saturated heterocycles. The lowest BCUT2D eigenvalue weighted by Crippen LogP contribution is -2.02. The second-order valence-electron chi connectivity index (χ2n) is 1.85. The molecule has 0 bridgehead atoms. The van der Waals surface area contributed by atoms with Crippen molar-refractivity contribution >= 4 is 23.2 Å². The van der Waals surface area contributed by atoms with Gasteiger partial charge in [-0.2, -0.15) is 8.78 Å². The number of alkyl halides is 2. The molecule has 0 atom stereocenters. The van der Waals surface area contributed by atoms with E-state index in [1.165, 1.54) is 12.1 Å². The molecule has 1 nitrogen and oxygen atoms in total. The fourth-order valence-electron chi connectivity index (χ4n) is 0.631. The molecule has 12 heavy (non-hydrogen) atoms. The second kappa shape index (κ2) is 3.92. The molecule has 0 aliphatic carbocycles. The SMILES string of the molecule is FC(F)Oc1c(Cl)[c]ccc1Cl. The number of hydrogen-bond donors (Lipinski definition) is 0. The Bertz CT molecular complexity index is 258. The summed E-state index contributed by atoms with van der Waals surface area (Å²) in [6, 6.07) is 5.25. The molecule has 0 amide bonds. The van der Waals surface area contributed by atoms with Crippen LogP contribution in [0.3, 0.4) is 0 Å². The van der Waals surface area contributed by atoms with E-state index in [9.17, 15) is 8.78 Å². The van der Waals surface area contributed by atoms with Crippen LogP contribution in [0.15, 0.2) is 12.1 Å². The van der Waals surface area contributed by atoms with E-state index < -0.39 is 6.61 Å². The Morgan fingerprint density at radius 1 is 1.42 bits per heavy atom. The average Bonchev–Trinajstić information content (AvgIpc) is 1.97. The van der Waals surface area contributed by atoms with Gasteiger partial charge in [-0.05, 0) is 6.07 Å². The third-order valence-corrected chi connectivity index (χ3v) is 1.64. The molecule has 1 aromatic rings. The minimum absolute atomic E-state index is 0.0408. The van der Waals surface area contributed by atoms with Gasteiger partial charge in [-0.15, -0.1) is 0 Å². The van der Waals surface area contributed by atoms with E-state index in [4.69, 9.17) is 23.2 Å². The van der Waals surface area contributed by atoms with E-state index in [1.54, 1.807) is 0 Å². The van der Waals surface area contributed by atoms with Gasteiger partial charge in [0.25, 0.3) is 0 Å². The van der Waals surface area contributed by atoms with Gasteiger partial charge < -0.3 is 4.74 Å². The van der Waals surface area contributed by atoms with Gasteiger partial charge in [0, 0.05) is 6.07 Å². The molecule has 0 aliphatic heterocycles. The van der Waals surface area contributed by atoms with E-state index in [0.717, 1.165) is 0 Å². The average molecular weight is 212 g/mol. The van der Waals surface area contributed by atoms with Gasteiger partial charge in [0.15, 0.2) is 5.75 Å². The smallest absolute Gasteiger partial charge is 0.387 e. The molecule has 0 aromatic heterocycles. The summed E-state index contributed by atoms with van der Waals surface area (Å²) < 4.78 is 27.5. The molecule has 0 spiro atoms. The van der Waals surface area contributed by atoms with Crippen molar-refractivity contribution in [2.75, 3.05) is 0 Å². The summed E-state index contributed by atoms with van der Waals surface area (Å²) in [6.45, 7) is -2.93. The molecule has 0 unspecified atom stereocenters. The maximum atomic E-state index is 11.7. The zero-order chi connectivity index (χ0) is 9.14. The minimum Gasteiger partial charge on any atom is -0.432 e. The van der Waals surface area contributed by atoms with Crippen LogP contribution in [0.4, 0.5) is 8.78 Å². The molecule has 0 saturated carbocycles. The Balaban J connectivity index is 2.96. The van der Waals surface area contributed by atoms with E-state index in [2.05, 4.69) is 10.8 Å². The van der Waals surface area contributed by atoms with Crippen molar-refractivity contribution in [3.8, 4) is 5.75 Å². The quantitative estimate of drug-likeness (QED) is 0.729. The van der Waals surface area contributed by atoms with Crippen LogP contribution >= 0.6 is 23.2 Å². The van der Waals surface area contributed by atoms with Crippen LogP contribution in [0.1, 0.15) is 0 Å². The van der Waals surface area contributed by atoms with E-state index in [0.29, 0.717) is 0 Å². The largest absolute Gasteiger partial charge is 0.432 e. The van der Waals surface area contributed by atoms with Gasteiger partial charge in [0.1, 0.15) is 0 Å². The first-order valence-electron chi connectivity index (χ1n) is 2.91. The van der Waals surface area contributed by atoms with Crippen LogP contribution in [0.5, 0.6) is 5.75 Å². The van der Waals surface area contributed by atoms with Crippen LogP contribution in [0.2, 0.25) is 10.0 Å². The lowest BCUT2D eigenvalue weighted by atomic mass is 10.3. The first-order valence-corrected chi connectivity index (χ1v) is 3.67. The first-order chi connectivity index (χ1) is 5.61. The van der Waals surface area contributed by atoms with Gasteiger partial charge >= 0.3 is 6.61 Å². The van der Waals surface area contributed by atoms with Crippen molar-refractivity contribution in [2.45, 2.75) is 6.61 Å². The van der Waals surface area contributed by atoms with Crippen molar-refractivity contribution in [2.24, 2.45) is 0 Å². The Morgan fingerprint density at radius 3 is 2.58 bits per heavy atom. The highest BCUT2D eigenvalue weighted by Crippen LogP contribution is 2.32. The van der Waals surface area contributed by atoms with Crippen LogP contribution in [-0.2, 0) is 0 Å². The van der Waals surface area contributed by atoms with Gasteiger partial charge in [0.2, 0.25) is 0 Å². The highest BCUT2D eigenvalue weighted by molar-refractivity contribution is 6.37. The molecule has 65 valence electrons. The minimum atomic E-state index is -2.93. The topological polar surface area (TPSA) is 9.23 Å². The summed E-state index contributed by atoms with van der Waals surface area (Å²) in [7, 11) is 0. The third kappa shape index (κ3) is 2.22. The molecule has 0 aliphatic rings. The maximum absolute atomic E-state index is 11.7. The number of benzene rings is 1.